The first kappa shape index (κ1) is 9.37. The van der Waals surface area contributed by atoms with Gasteiger partial charge in [-0.15, -0.1) is 0 Å². The molecule has 4 unspecified atom stereocenters. The third-order valence-electron chi connectivity index (χ3n) is 4.39. The molecule has 3 nitrogen and oxygen atoms in total. The molecule has 0 aromatic heterocycles. The molecule has 0 N–H and O–H groups in total. The van der Waals surface area contributed by atoms with Crippen LogP contribution in [-0.2, 0) is 14.3 Å². The van der Waals surface area contributed by atoms with Crippen LogP contribution in [0.4, 0.5) is 0 Å². The van der Waals surface area contributed by atoms with Gasteiger partial charge in [-0.25, -0.2) is 0 Å². The highest BCUT2D eigenvalue weighted by Crippen LogP contribution is 2.45. The van der Waals surface area contributed by atoms with E-state index in [2.05, 4.69) is 0 Å². The Morgan fingerprint density at radius 3 is 2.67 bits per heavy atom. The summed E-state index contributed by atoms with van der Waals surface area (Å²) in [4.78, 5) is 23.6. The van der Waals surface area contributed by atoms with E-state index in [-0.39, 0.29) is 23.7 Å². The molecule has 1 saturated heterocycles. The van der Waals surface area contributed by atoms with E-state index in [1.54, 1.807) is 0 Å². The number of fused-ring (bicyclic) bond motifs is 2. The Hall–Kier alpha value is -0.860. The van der Waals surface area contributed by atoms with Crippen LogP contribution in [-0.4, -0.2) is 18.4 Å². The lowest BCUT2D eigenvalue weighted by molar-refractivity contribution is -0.144. The second-order valence-electron chi connectivity index (χ2n) is 5.13. The molecule has 1 aliphatic heterocycles. The Kier molecular flexibility index (Phi) is 2.08. The lowest BCUT2D eigenvalue weighted by Crippen LogP contribution is -2.42. The number of hydrogen-bond acceptors (Lipinski definition) is 3. The lowest BCUT2D eigenvalue weighted by Gasteiger charge is -2.38. The Labute approximate surface area is 89.2 Å². The number of esters is 1. The van der Waals surface area contributed by atoms with Crippen LogP contribution in [0.15, 0.2) is 0 Å². The third kappa shape index (κ3) is 1.32. The predicted octanol–water partition coefficient (Wildman–Crippen LogP) is 1.55. The summed E-state index contributed by atoms with van der Waals surface area (Å²) in [6.45, 7) is 0.353. The van der Waals surface area contributed by atoms with Gasteiger partial charge in [0.15, 0.2) is 0 Å². The van der Waals surface area contributed by atoms with Crippen LogP contribution < -0.4 is 0 Å². The second kappa shape index (κ2) is 3.32. The summed E-state index contributed by atoms with van der Waals surface area (Å²) in [5.74, 6) is 0.709. The van der Waals surface area contributed by atoms with E-state index in [4.69, 9.17) is 4.74 Å². The number of ether oxygens (including phenoxy) is 1. The third-order valence-corrected chi connectivity index (χ3v) is 4.39. The highest BCUT2D eigenvalue weighted by molar-refractivity contribution is 5.92. The summed E-state index contributed by atoms with van der Waals surface area (Å²) in [6.07, 6.45) is 5.48. The molecule has 3 heteroatoms. The molecule has 3 fully saturated rings. The molecule has 0 amide bonds. The largest absolute Gasteiger partial charge is 0.465 e. The smallest absolute Gasteiger partial charge is 0.309 e. The molecule has 0 aromatic carbocycles. The van der Waals surface area contributed by atoms with E-state index in [0.29, 0.717) is 18.3 Å². The van der Waals surface area contributed by atoms with E-state index in [9.17, 15) is 9.59 Å². The molecule has 0 bridgehead atoms. The first-order valence-corrected chi connectivity index (χ1v) is 5.97. The van der Waals surface area contributed by atoms with Gasteiger partial charge >= 0.3 is 5.97 Å². The van der Waals surface area contributed by atoms with Gasteiger partial charge in [-0.3, -0.25) is 9.59 Å². The van der Waals surface area contributed by atoms with Crippen molar-refractivity contribution in [1.82, 2.24) is 0 Å². The number of cyclic esters (lactones) is 1. The van der Waals surface area contributed by atoms with Crippen molar-refractivity contribution < 1.29 is 14.3 Å². The van der Waals surface area contributed by atoms with Gasteiger partial charge in [0.2, 0.25) is 0 Å². The molecule has 0 aromatic rings. The molecule has 2 saturated carbocycles. The summed E-state index contributed by atoms with van der Waals surface area (Å²) in [5.41, 5.74) is 0. The molecule has 0 radical (unpaired) electrons. The van der Waals surface area contributed by atoms with Crippen LogP contribution in [0.3, 0.4) is 0 Å². The van der Waals surface area contributed by atoms with Gasteiger partial charge in [0.05, 0.1) is 11.8 Å². The minimum Gasteiger partial charge on any atom is -0.465 e. The highest BCUT2D eigenvalue weighted by Gasteiger charge is 2.50. The minimum absolute atomic E-state index is 0.100. The number of carbonyl (C=O) groups is 2. The molecule has 2 aliphatic carbocycles. The molecule has 3 aliphatic rings. The first-order valence-electron chi connectivity index (χ1n) is 5.97. The van der Waals surface area contributed by atoms with Gasteiger partial charge in [-0.1, -0.05) is 12.8 Å². The number of Topliss-reactive ketones (excluding diaryl/α,β-unsaturated/α-hetero) is 1. The van der Waals surface area contributed by atoms with Gasteiger partial charge in [0.25, 0.3) is 0 Å². The fourth-order valence-electron chi connectivity index (χ4n) is 3.57. The van der Waals surface area contributed by atoms with Gasteiger partial charge in [-0.2, -0.15) is 0 Å². The molecule has 3 rings (SSSR count). The van der Waals surface area contributed by atoms with Gasteiger partial charge in [-0.05, 0) is 25.2 Å². The van der Waals surface area contributed by atoms with Crippen molar-refractivity contribution in [1.29, 1.82) is 0 Å². The average Bonchev–Trinajstić information content (AvgIpc) is 2.62. The summed E-state index contributed by atoms with van der Waals surface area (Å²) >= 11 is 0. The number of ketones is 1. The van der Waals surface area contributed by atoms with Crippen LogP contribution >= 0.6 is 0 Å². The Morgan fingerprint density at radius 1 is 1.00 bits per heavy atom. The Bertz CT molecular complexity index is 310. The molecule has 1 heterocycles. The van der Waals surface area contributed by atoms with Crippen LogP contribution in [0.1, 0.15) is 32.1 Å². The lowest BCUT2D eigenvalue weighted by atomic mass is 9.63. The monoisotopic (exact) mass is 208 g/mol. The van der Waals surface area contributed by atoms with Crippen molar-refractivity contribution in [2.75, 3.05) is 6.61 Å². The van der Waals surface area contributed by atoms with Crippen LogP contribution in [0, 0.1) is 23.7 Å². The van der Waals surface area contributed by atoms with Crippen molar-refractivity contribution >= 4 is 11.8 Å². The van der Waals surface area contributed by atoms with Crippen LogP contribution in [0.25, 0.3) is 0 Å². The summed E-state index contributed by atoms with van der Waals surface area (Å²) in [5, 5.41) is 0. The van der Waals surface area contributed by atoms with Crippen molar-refractivity contribution in [2.24, 2.45) is 23.7 Å². The Balaban J connectivity index is 1.86. The molecule has 15 heavy (non-hydrogen) atoms. The van der Waals surface area contributed by atoms with Crippen LogP contribution in [0.5, 0.6) is 0 Å². The van der Waals surface area contributed by atoms with Crippen LogP contribution in [0.2, 0.25) is 0 Å². The SMILES string of the molecule is O=C1OCC2C(=O)C3CCCCC3CC12. The van der Waals surface area contributed by atoms with E-state index in [0.717, 1.165) is 19.3 Å². The van der Waals surface area contributed by atoms with Crippen molar-refractivity contribution in [3.05, 3.63) is 0 Å². The standard InChI is InChI=1S/C12H16O3/c13-11-8-4-2-1-3-7(8)5-9-10(11)6-15-12(9)14/h7-10H,1-6H2. The predicted molar refractivity (Wildman–Crippen MR) is 53.0 cm³/mol. The van der Waals surface area contributed by atoms with E-state index < -0.39 is 0 Å². The maximum absolute atomic E-state index is 12.2. The topological polar surface area (TPSA) is 43.4 Å². The van der Waals surface area contributed by atoms with Crippen molar-refractivity contribution in [2.45, 2.75) is 32.1 Å². The van der Waals surface area contributed by atoms with E-state index >= 15 is 0 Å². The first-order chi connectivity index (χ1) is 7.27. The maximum atomic E-state index is 12.2. The van der Waals surface area contributed by atoms with Crippen molar-refractivity contribution in [3.8, 4) is 0 Å². The zero-order valence-corrected chi connectivity index (χ0v) is 8.78. The van der Waals surface area contributed by atoms with Crippen molar-refractivity contribution in [3.63, 3.8) is 0 Å². The summed E-state index contributed by atoms with van der Waals surface area (Å²) < 4.78 is 5.02. The number of rotatable bonds is 0. The zero-order valence-electron chi connectivity index (χ0n) is 8.78. The van der Waals surface area contributed by atoms with E-state index in [1.807, 2.05) is 0 Å². The molecular formula is C12H16O3. The van der Waals surface area contributed by atoms with Gasteiger partial charge in [0.1, 0.15) is 12.4 Å². The zero-order chi connectivity index (χ0) is 10.4. The quantitative estimate of drug-likeness (QED) is 0.567. The minimum atomic E-state index is -0.127. The summed E-state index contributed by atoms with van der Waals surface area (Å²) in [7, 11) is 0. The average molecular weight is 208 g/mol. The maximum Gasteiger partial charge on any atom is 0.309 e. The number of carbonyl (C=O) groups excluding carboxylic acids is 2. The Morgan fingerprint density at radius 2 is 1.80 bits per heavy atom. The molecular weight excluding hydrogens is 192 g/mol. The van der Waals surface area contributed by atoms with Gasteiger partial charge in [0, 0.05) is 5.92 Å². The normalized spacial score (nSPS) is 44.5. The fourth-order valence-corrected chi connectivity index (χ4v) is 3.57. The highest BCUT2D eigenvalue weighted by atomic mass is 16.5. The molecule has 0 spiro atoms. The number of hydrogen-bond donors (Lipinski definition) is 0. The fraction of sp³-hybridized carbons (Fsp3) is 0.833. The van der Waals surface area contributed by atoms with Gasteiger partial charge < -0.3 is 4.74 Å². The second-order valence-corrected chi connectivity index (χ2v) is 5.13. The molecule has 4 atom stereocenters. The summed E-state index contributed by atoms with van der Waals surface area (Å²) in [6, 6.07) is 0. The molecule has 82 valence electrons. The van der Waals surface area contributed by atoms with E-state index in [1.165, 1.54) is 12.8 Å².